The maximum Gasteiger partial charge on any atom is 0.0901 e. The standard InChI is InChI=1S/C10H9NS.BrH/c1-8-11-10(7-12-8)9-5-3-2-4-6-9;/h2-7H,1H3;1H/p-1. The number of hydrogen-bond acceptors (Lipinski definition) is 2. The van der Waals surface area contributed by atoms with Gasteiger partial charge in [-0.05, 0) is 6.92 Å². The van der Waals surface area contributed by atoms with E-state index in [1.807, 2.05) is 25.1 Å². The molecule has 0 unspecified atom stereocenters. The minimum Gasteiger partial charge on any atom is -1.00 e. The van der Waals surface area contributed by atoms with Crippen molar-refractivity contribution in [1.82, 2.24) is 4.98 Å². The van der Waals surface area contributed by atoms with E-state index in [9.17, 15) is 0 Å². The second-order valence-corrected chi connectivity index (χ2v) is 3.68. The van der Waals surface area contributed by atoms with Gasteiger partial charge in [0.25, 0.3) is 0 Å². The quantitative estimate of drug-likeness (QED) is 0.705. The first-order chi connectivity index (χ1) is 5.86. The van der Waals surface area contributed by atoms with Crippen LogP contribution in [0.3, 0.4) is 0 Å². The number of aryl methyl sites for hydroxylation is 1. The topological polar surface area (TPSA) is 12.9 Å². The Morgan fingerprint density at radius 3 is 2.38 bits per heavy atom. The third kappa shape index (κ3) is 2.39. The Morgan fingerprint density at radius 1 is 1.15 bits per heavy atom. The molecule has 0 atom stereocenters. The van der Waals surface area contributed by atoms with Gasteiger partial charge in [0.05, 0.1) is 10.7 Å². The molecule has 0 aliphatic carbocycles. The number of halogens is 1. The van der Waals surface area contributed by atoms with Crippen LogP contribution < -0.4 is 17.0 Å². The molecule has 0 N–H and O–H groups in total. The van der Waals surface area contributed by atoms with Crippen molar-refractivity contribution < 1.29 is 17.0 Å². The largest absolute Gasteiger partial charge is 1.00 e. The van der Waals surface area contributed by atoms with E-state index >= 15 is 0 Å². The van der Waals surface area contributed by atoms with Crippen LogP contribution in [0.15, 0.2) is 35.7 Å². The summed E-state index contributed by atoms with van der Waals surface area (Å²) in [6, 6.07) is 10.2. The van der Waals surface area contributed by atoms with Crippen molar-refractivity contribution in [1.29, 1.82) is 0 Å². The van der Waals surface area contributed by atoms with Crippen LogP contribution in [0.25, 0.3) is 11.3 Å². The molecule has 0 fully saturated rings. The third-order valence-electron chi connectivity index (χ3n) is 1.69. The summed E-state index contributed by atoms with van der Waals surface area (Å²) in [5.74, 6) is 0. The van der Waals surface area contributed by atoms with E-state index in [-0.39, 0.29) is 17.0 Å². The van der Waals surface area contributed by atoms with Crippen molar-refractivity contribution >= 4 is 11.3 Å². The Balaban J connectivity index is 0.000000845. The summed E-state index contributed by atoms with van der Waals surface area (Å²) in [5.41, 5.74) is 2.28. The zero-order chi connectivity index (χ0) is 8.39. The van der Waals surface area contributed by atoms with Crippen LogP contribution in [-0.4, -0.2) is 4.98 Å². The molecule has 1 aromatic carbocycles. The van der Waals surface area contributed by atoms with Crippen LogP contribution in [0.1, 0.15) is 5.01 Å². The van der Waals surface area contributed by atoms with E-state index in [1.165, 1.54) is 5.56 Å². The van der Waals surface area contributed by atoms with Crippen LogP contribution in [0.4, 0.5) is 0 Å². The van der Waals surface area contributed by atoms with Crippen LogP contribution in [0, 0.1) is 6.92 Å². The number of rotatable bonds is 1. The highest BCUT2D eigenvalue weighted by Crippen LogP contribution is 2.20. The highest BCUT2D eigenvalue weighted by atomic mass is 79.9. The first-order valence-electron chi connectivity index (χ1n) is 3.84. The van der Waals surface area contributed by atoms with E-state index in [0.29, 0.717) is 0 Å². The molecule has 0 saturated carbocycles. The van der Waals surface area contributed by atoms with Crippen LogP contribution >= 0.6 is 11.3 Å². The molecule has 0 aliphatic rings. The molecule has 2 rings (SSSR count). The number of nitrogens with zero attached hydrogens (tertiary/aromatic N) is 1. The van der Waals surface area contributed by atoms with Gasteiger partial charge in [0.15, 0.2) is 0 Å². The Hall–Kier alpha value is -0.670. The Kier molecular flexibility index (Phi) is 3.63. The zero-order valence-electron chi connectivity index (χ0n) is 7.20. The smallest absolute Gasteiger partial charge is 0.0901 e. The minimum atomic E-state index is 0. The Bertz CT molecular complexity index is 369. The fourth-order valence-corrected chi connectivity index (χ4v) is 1.73. The van der Waals surface area contributed by atoms with Crippen molar-refractivity contribution in [2.45, 2.75) is 6.92 Å². The molecule has 0 amide bonds. The molecule has 13 heavy (non-hydrogen) atoms. The zero-order valence-corrected chi connectivity index (χ0v) is 9.60. The van der Waals surface area contributed by atoms with Crippen molar-refractivity contribution in [2.75, 3.05) is 0 Å². The van der Waals surface area contributed by atoms with Gasteiger partial charge < -0.3 is 17.0 Å². The van der Waals surface area contributed by atoms with Crippen LogP contribution in [-0.2, 0) is 0 Å². The van der Waals surface area contributed by atoms with Gasteiger partial charge in [-0.25, -0.2) is 4.98 Å². The Labute approximate surface area is 92.2 Å². The van der Waals surface area contributed by atoms with Crippen molar-refractivity contribution in [2.24, 2.45) is 0 Å². The summed E-state index contributed by atoms with van der Waals surface area (Å²) in [6.07, 6.45) is 0. The highest BCUT2D eigenvalue weighted by Gasteiger charge is 1.99. The molecule has 68 valence electrons. The van der Waals surface area contributed by atoms with Gasteiger partial charge in [0.1, 0.15) is 0 Å². The lowest BCUT2D eigenvalue weighted by atomic mass is 10.2. The molecule has 1 nitrogen and oxygen atoms in total. The average molecular weight is 255 g/mol. The van der Waals surface area contributed by atoms with Crippen LogP contribution in [0.5, 0.6) is 0 Å². The molecule has 3 heteroatoms. The molecular weight excluding hydrogens is 246 g/mol. The molecule has 0 bridgehead atoms. The van der Waals surface area contributed by atoms with Gasteiger partial charge in [-0.3, -0.25) is 0 Å². The Morgan fingerprint density at radius 2 is 1.85 bits per heavy atom. The average Bonchev–Trinajstić information content (AvgIpc) is 2.54. The summed E-state index contributed by atoms with van der Waals surface area (Å²) >= 11 is 1.69. The minimum absolute atomic E-state index is 0. The summed E-state index contributed by atoms with van der Waals surface area (Å²) < 4.78 is 0. The molecule has 0 spiro atoms. The second kappa shape index (κ2) is 4.53. The summed E-state index contributed by atoms with van der Waals surface area (Å²) in [7, 11) is 0. The molecule has 0 radical (unpaired) electrons. The van der Waals surface area contributed by atoms with E-state index in [2.05, 4.69) is 22.5 Å². The second-order valence-electron chi connectivity index (χ2n) is 2.62. The van der Waals surface area contributed by atoms with Gasteiger partial charge in [-0.15, -0.1) is 11.3 Å². The third-order valence-corrected chi connectivity index (χ3v) is 2.46. The van der Waals surface area contributed by atoms with Crippen molar-refractivity contribution in [3.05, 3.63) is 40.7 Å². The van der Waals surface area contributed by atoms with E-state index in [4.69, 9.17) is 0 Å². The molecule has 1 heterocycles. The van der Waals surface area contributed by atoms with Gasteiger partial charge in [0.2, 0.25) is 0 Å². The molecular formula is C10H9BrNS-. The summed E-state index contributed by atoms with van der Waals surface area (Å²) in [5, 5.41) is 3.21. The summed E-state index contributed by atoms with van der Waals surface area (Å²) in [6.45, 7) is 2.02. The number of benzene rings is 1. The van der Waals surface area contributed by atoms with Gasteiger partial charge in [-0.1, -0.05) is 30.3 Å². The first kappa shape index (κ1) is 10.4. The normalized spacial score (nSPS) is 9.31. The van der Waals surface area contributed by atoms with Gasteiger partial charge in [0, 0.05) is 10.9 Å². The van der Waals surface area contributed by atoms with Crippen LogP contribution in [0.2, 0.25) is 0 Å². The molecule has 1 aromatic heterocycles. The predicted octanol–water partition coefficient (Wildman–Crippen LogP) is 0.123. The fraction of sp³-hybridized carbons (Fsp3) is 0.100. The molecule has 0 aliphatic heterocycles. The predicted molar refractivity (Wildman–Crippen MR) is 52.3 cm³/mol. The van der Waals surface area contributed by atoms with Crippen molar-refractivity contribution in [3.8, 4) is 11.3 Å². The number of aromatic nitrogens is 1. The number of thiazole rings is 1. The first-order valence-corrected chi connectivity index (χ1v) is 4.72. The summed E-state index contributed by atoms with van der Waals surface area (Å²) in [4.78, 5) is 4.40. The monoisotopic (exact) mass is 254 g/mol. The van der Waals surface area contributed by atoms with E-state index < -0.39 is 0 Å². The molecule has 0 saturated heterocycles. The maximum absolute atomic E-state index is 4.40. The van der Waals surface area contributed by atoms with E-state index in [0.717, 1.165) is 10.7 Å². The SMILES string of the molecule is Cc1nc(-c2ccccc2)cs1.[Br-]. The lowest BCUT2D eigenvalue weighted by Gasteiger charge is -1.92. The maximum atomic E-state index is 4.40. The van der Waals surface area contributed by atoms with Gasteiger partial charge in [-0.2, -0.15) is 0 Å². The highest BCUT2D eigenvalue weighted by molar-refractivity contribution is 7.09. The molecule has 2 aromatic rings. The van der Waals surface area contributed by atoms with Gasteiger partial charge >= 0.3 is 0 Å². The fourth-order valence-electron chi connectivity index (χ4n) is 1.10. The van der Waals surface area contributed by atoms with Crippen molar-refractivity contribution in [3.63, 3.8) is 0 Å². The lowest BCUT2D eigenvalue weighted by Crippen LogP contribution is -3.00. The van der Waals surface area contributed by atoms with E-state index in [1.54, 1.807) is 11.3 Å². The lowest BCUT2D eigenvalue weighted by molar-refractivity contribution is -0.00000245. The number of hydrogen-bond donors (Lipinski definition) is 0.